The van der Waals surface area contributed by atoms with Crippen LogP contribution >= 0.6 is 23.2 Å². The van der Waals surface area contributed by atoms with Crippen molar-refractivity contribution in [2.75, 3.05) is 0 Å². The average molecular weight is 320 g/mol. The van der Waals surface area contributed by atoms with Gasteiger partial charge in [-0.05, 0) is 48.9 Å². The van der Waals surface area contributed by atoms with E-state index in [-0.39, 0.29) is 0 Å². The minimum absolute atomic E-state index is 0.293. The Labute approximate surface area is 136 Å². The van der Waals surface area contributed by atoms with Gasteiger partial charge in [-0.1, -0.05) is 59.6 Å². The smallest absolute Gasteiger partial charge is 0.0595 e. The van der Waals surface area contributed by atoms with Crippen molar-refractivity contribution in [2.45, 2.75) is 37.8 Å². The zero-order valence-electron chi connectivity index (χ0n) is 12.0. The Morgan fingerprint density at radius 3 is 2.38 bits per heavy atom. The third kappa shape index (κ3) is 3.42. The molecule has 1 N–H and O–H groups in total. The summed E-state index contributed by atoms with van der Waals surface area (Å²) < 4.78 is 0. The van der Waals surface area contributed by atoms with Crippen molar-refractivity contribution in [3.8, 4) is 0 Å². The predicted octanol–water partition coefficient (Wildman–Crippen LogP) is 5.59. The van der Waals surface area contributed by atoms with Gasteiger partial charge in [-0.15, -0.1) is 0 Å². The number of nitrogens with one attached hydrogen (secondary N) is 1. The number of hydrogen-bond donors (Lipinski definition) is 1. The van der Waals surface area contributed by atoms with Crippen LogP contribution in [0, 0.1) is 0 Å². The molecule has 3 heteroatoms. The van der Waals surface area contributed by atoms with Gasteiger partial charge in [0.05, 0.1) is 10.0 Å². The lowest BCUT2D eigenvalue weighted by atomic mass is 9.75. The summed E-state index contributed by atoms with van der Waals surface area (Å²) in [5.41, 5.74) is 2.64. The third-order valence-electron chi connectivity index (χ3n) is 4.34. The molecular formula is C18H19Cl2N. The van der Waals surface area contributed by atoms with Crippen LogP contribution in [0.5, 0.6) is 0 Å². The summed E-state index contributed by atoms with van der Waals surface area (Å²) in [6, 6.07) is 17.5. The van der Waals surface area contributed by atoms with Crippen molar-refractivity contribution in [3.05, 3.63) is 69.7 Å². The molecule has 1 unspecified atom stereocenters. The molecule has 1 fully saturated rings. The Kier molecular flexibility index (Phi) is 4.54. The van der Waals surface area contributed by atoms with E-state index in [4.69, 9.17) is 23.2 Å². The fourth-order valence-electron chi connectivity index (χ4n) is 2.98. The van der Waals surface area contributed by atoms with Gasteiger partial charge in [-0.25, -0.2) is 0 Å². The number of benzene rings is 2. The highest BCUT2D eigenvalue weighted by molar-refractivity contribution is 6.42. The summed E-state index contributed by atoms with van der Waals surface area (Å²) >= 11 is 12.0. The molecule has 1 nitrogen and oxygen atoms in total. The largest absolute Gasteiger partial charge is 0.307 e. The van der Waals surface area contributed by atoms with E-state index in [9.17, 15) is 0 Å². The molecule has 0 heterocycles. The standard InChI is InChI=1S/C18H19Cl2N/c1-12(14-7-8-17(19)18(20)11-14)21-16-9-15(10-16)13-5-3-2-4-6-13/h2-8,11-12,15-16,21H,9-10H2,1H3. The molecular weight excluding hydrogens is 301 g/mol. The normalized spacial score (nSPS) is 22.6. The molecule has 1 aliphatic carbocycles. The van der Waals surface area contributed by atoms with E-state index in [0.717, 1.165) is 0 Å². The first kappa shape index (κ1) is 14.9. The Balaban J connectivity index is 1.55. The van der Waals surface area contributed by atoms with Gasteiger partial charge in [0.2, 0.25) is 0 Å². The summed E-state index contributed by atoms with van der Waals surface area (Å²) in [7, 11) is 0. The van der Waals surface area contributed by atoms with Crippen molar-refractivity contribution in [1.29, 1.82) is 0 Å². The number of hydrogen-bond acceptors (Lipinski definition) is 1. The number of halogens is 2. The monoisotopic (exact) mass is 319 g/mol. The lowest BCUT2D eigenvalue weighted by Gasteiger charge is -2.38. The molecule has 1 aliphatic rings. The van der Waals surface area contributed by atoms with Crippen LogP contribution in [0.4, 0.5) is 0 Å². The van der Waals surface area contributed by atoms with E-state index in [1.54, 1.807) is 0 Å². The van der Waals surface area contributed by atoms with E-state index in [2.05, 4.69) is 42.6 Å². The Hall–Kier alpha value is -1.02. The van der Waals surface area contributed by atoms with Gasteiger partial charge < -0.3 is 5.32 Å². The summed E-state index contributed by atoms with van der Waals surface area (Å²) in [5, 5.41) is 4.91. The number of rotatable bonds is 4. The molecule has 2 aromatic rings. The Bertz CT molecular complexity index is 606. The average Bonchev–Trinajstić information content (AvgIpc) is 2.46. The van der Waals surface area contributed by atoms with Crippen molar-refractivity contribution >= 4 is 23.2 Å². The topological polar surface area (TPSA) is 12.0 Å². The van der Waals surface area contributed by atoms with E-state index >= 15 is 0 Å². The molecule has 2 aromatic carbocycles. The predicted molar refractivity (Wildman–Crippen MR) is 90.2 cm³/mol. The molecule has 0 aromatic heterocycles. The van der Waals surface area contributed by atoms with Crippen molar-refractivity contribution in [1.82, 2.24) is 5.32 Å². The second kappa shape index (κ2) is 6.39. The summed E-state index contributed by atoms with van der Waals surface area (Å²) in [6.45, 7) is 2.18. The maximum atomic E-state index is 6.09. The summed E-state index contributed by atoms with van der Waals surface area (Å²) in [5.74, 6) is 0.699. The summed E-state index contributed by atoms with van der Waals surface area (Å²) in [6.07, 6.45) is 2.41. The van der Waals surface area contributed by atoms with Gasteiger partial charge in [0.25, 0.3) is 0 Å². The van der Waals surface area contributed by atoms with E-state index in [1.807, 2.05) is 18.2 Å². The first-order chi connectivity index (χ1) is 10.1. The van der Waals surface area contributed by atoms with E-state index in [1.165, 1.54) is 24.0 Å². The fraction of sp³-hybridized carbons (Fsp3) is 0.333. The van der Waals surface area contributed by atoms with Gasteiger partial charge in [-0.2, -0.15) is 0 Å². The molecule has 110 valence electrons. The van der Waals surface area contributed by atoms with Crippen LogP contribution in [0.2, 0.25) is 10.0 Å². The second-order valence-corrected chi connectivity index (χ2v) is 6.65. The molecule has 0 amide bonds. The van der Waals surface area contributed by atoms with Gasteiger partial charge >= 0.3 is 0 Å². The molecule has 1 atom stereocenters. The van der Waals surface area contributed by atoms with Crippen LogP contribution in [0.3, 0.4) is 0 Å². The minimum atomic E-state index is 0.293. The summed E-state index contributed by atoms with van der Waals surface area (Å²) in [4.78, 5) is 0. The first-order valence-corrected chi connectivity index (χ1v) is 8.15. The Morgan fingerprint density at radius 2 is 1.71 bits per heavy atom. The highest BCUT2D eigenvalue weighted by Gasteiger charge is 2.30. The van der Waals surface area contributed by atoms with Crippen LogP contribution in [0.25, 0.3) is 0 Å². The van der Waals surface area contributed by atoms with Crippen molar-refractivity contribution in [2.24, 2.45) is 0 Å². The van der Waals surface area contributed by atoms with Crippen LogP contribution in [0.15, 0.2) is 48.5 Å². The zero-order chi connectivity index (χ0) is 14.8. The van der Waals surface area contributed by atoms with Gasteiger partial charge in [0.15, 0.2) is 0 Å². The molecule has 0 bridgehead atoms. The molecule has 0 saturated heterocycles. The minimum Gasteiger partial charge on any atom is -0.307 e. The van der Waals surface area contributed by atoms with E-state index in [0.29, 0.717) is 28.0 Å². The van der Waals surface area contributed by atoms with Crippen LogP contribution < -0.4 is 5.32 Å². The van der Waals surface area contributed by atoms with Gasteiger partial charge in [0.1, 0.15) is 0 Å². The van der Waals surface area contributed by atoms with Crippen LogP contribution in [0.1, 0.15) is 42.9 Å². The van der Waals surface area contributed by atoms with Crippen molar-refractivity contribution < 1.29 is 0 Å². The highest BCUT2D eigenvalue weighted by atomic mass is 35.5. The van der Waals surface area contributed by atoms with Gasteiger partial charge in [0, 0.05) is 12.1 Å². The molecule has 0 spiro atoms. The Morgan fingerprint density at radius 1 is 1.00 bits per heavy atom. The third-order valence-corrected chi connectivity index (χ3v) is 5.08. The maximum absolute atomic E-state index is 6.09. The highest BCUT2D eigenvalue weighted by Crippen LogP contribution is 2.38. The fourth-order valence-corrected chi connectivity index (χ4v) is 3.29. The lowest BCUT2D eigenvalue weighted by Crippen LogP contribution is -2.41. The first-order valence-electron chi connectivity index (χ1n) is 7.39. The molecule has 21 heavy (non-hydrogen) atoms. The van der Waals surface area contributed by atoms with Crippen molar-refractivity contribution in [3.63, 3.8) is 0 Å². The molecule has 1 saturated carbocycles. The van der Waals surface area contributed by atoms with Gasteiger partial charge in [-0.3, -0.25) is 0 Å². The molecule has 3 rings (SSSR count). The molecule has 0 aliphatic heterocycles. The van der Waals surface area contributed by atoms with E-state index < -0.39 is 0 Å². The SMILES string of the molecule is CC(NC1CC(c2ccccc2)C1)c1ccc(Cl)c(Cl)c1. The second-order valence-electron chi connectivity index (χ2n) is 5.84. The quantitative estimate of drug-likeness (QED) is 0.774. The maximum Gasteiger partial charge on any atom is 0.0595 e. The lowest BCUT2D eigenvalue weighted by molar-refractivity contribution is 0.271. The van der Waals surface area contributed by atoms with Crippen LogP contribution in [-0.4, -0.2) is 6.04 Å². The van der Waals surface area contributed by atoms with Crippen LogP contribution in [-0.2, 0) is 0 Å². The zero-order valence-corrected chi connectivity index (χ0v) is 13.5. The molecule has 0 radical (unpaired) electrons.